The van der Waals surface area contributed by atoms with Crippen LogP contribution < -0.4 is 0 Å². The quantitative estimate of drug-likeness (QED) is 0.169. The molecule has 0 radical (unpaired) electrons. The number of rotatable bonds is 4. The summed E-state index contributed by atoms with van der Waals surface area (Å²) in [6.07, 6.45) is 0. The highest BCUT2D eigenvalue weighted by atomic mass is 15.2. The van der Waals surface area contributed by atoms with Gasteiger partial charge in [-0.1, -0.05) is 184 Å². The van der Waals surface area contributed by atoms with Crippen LogP contribution in [0.1, 0.15) is 25.0 Å². The SMILES string of the molecule is CC1(C)c2ccccc2-c2cccc(-c3cccc4c5ccccc5n(-c5nc(-c6ccccc6)nc(-c6ccc7c8ccccc8c8ccccc8c7c6)n5)c34)c21. The third kappa shape index (κ3) is 4.66. The van der Waals surface area contributed by atoms with Gasteiger partial charge in [0.15, 0.2) is 11.6 Å². The second-order valence-electron chi connectivity index (χ2n) is 16.0. The first-order valence-electron chi connectivity index (χ1n) is 20.0. The fourth-order valence-electron chi connectivity index (χ4n) is 9.87. The lowest BCUT2D eigenvalue weighted by Gasteiger charge is -2.25. The van der Waals surface area contributed by atoms with E-state index in [0.717, 1.165) is 38.5 Å². The zero-order chi connectivity index (χ0) is 38.5. The Balaban J connectivity index is 1.15. The maximum atomic E-state index is 5.43. The van der Waals surface area contributed by atoms with E-state index >= 15 is 0 Å². The first kappa shape index (κ1) is 32.8. The molecule has 0 N–H and O–H groups in total. The molecule has 2 heterocycles. The van der Waals surface area contributed by atoms with Crippen molar-refractivity contribution in [3.8, 4) is 51.0 Å². The second kappa shape index (κ2) is 12.3. The van der Waals surface area contributed by atoms with Gasteiger partial charge in [-0.3, -0.25) is 4.57 Å². The van der Waals surface area contributed by atoms with Gasteiger partial charge in [0.05, 0.1) is 11.0 Å². The van der Waals surface area contributed by atoms with Crippen molar-refractivity contribution in [2.24, 2.45) is 0 Å². The maximum Gasteiger partial charge on any atom is 0.238 e. The Morgan fingerprint density at radius 1 is 0.379 bits per heavy atom. The Morgan fingerprint density at radius 3 is 1.64 bits per heavy atom. The standard InChI is InChI=1S/C54H36N4/c1-54(2)47-28-12-10-22-40(47)42-24-14-25-43(49(42)54)45-27-15-26-44-41-23-11-13-29-48(41)58(50(44)45)53-56-51(33-16-4-3-5-17-33)55-52(57-53)34-30-31-39-37-20-7-6-18-35(37)36-19-8-9-21-38(36)46(39)32-34/h3-32H,1-2H3. The van der Waals surface area contributed by atoms with Crippen LogP contribution in [0.15, 0.2) is 182 Å². The zero-order valence-corrected chi connectivity index (χ0v) is 32.1. The molecule has 0 fully saturated rings. The number of aromatic nitrogens is 4. The van der Waals surface area contributed by atoms with E-state index in [2.05, 4.69) is 182 Å². The van der Waals surface area contributed by atoms with Crippen LogP contribution in [-0.4, -0.2) is 19.5 Å². The molecule has 58 heavy (non-hydrogen) atoms. The highest BCUT2D eigenvalue weighted by Gasteiger charge is 2.38. The molecular formula is C54H36N4. The molecule has 9 aromatic carbocycles. The van der Waals surface area contributed by atoms with E-state index in [1.54, 1.807) is 0 Å². The molecule has 4 nitrogen and oxygen atoms in total. The average Bonchev–Trinajstić information content (AvgIpc) is 3.75. The number of hydrogen-bond acceptors (Lipinski definition) is 3. The molecule has 4 heteroatoms. The lowest BCUT2D eigenvalue weighted by Crippen LogP contribution is -2.16. The third-order valence-corrected chi connectivity index (χ3v) is 12.4. The number of para-hydroxylation sites is 2. The van der Waals surface area contributed by atoms with E-state index in [1.807, 2.05) is 18.2 Å². The summed E-state index contributed by atoms with van der Waals surface area (Å²) in [4.78, 5) is 16.0. The Labute approximate surface area is 335 Å². The lowest BCUT2D eigenvalue weighted by atomic mass is 9.78. The van der Waals surface area contributed by atoms with Gasteiger partial charge in [0, 0.05) is 32.9 Å². The monoisotopic (exact) mass is 740 g/mol. The summed E-state index contributed by atoms with van der Waals surface area (Å²) in [7, 11) is 0. The highest BCUT2D eigenvalue weighted by Crippen LogP contribution is 2.53. The fraction of sp³-hybridized carbons (Fsp3) is 0.0556. The molecule has 0 amide bonds. The zero-order valence-electron chi connectivity index (χ0n) is 32.1. The van der Waals surface area contributed by atoms with Gasteiger partial charge in [0.25, 0.3) is 0 Å². The summed E-state index contributed by atoms with van der Waals surface area (Å²) in [6.45, 7) is 4.72. The molecule has 1 aliphatic carbocycles. The molecule has 2 aromatic heterocycles. The van der Waals surface area contributed by atoms with E-state index < -0.39 is 0 Å². The van der Waals surface area contributed by atoms with Crippen LogP contribution >= 0.6 is 0 Å². The molecule has 0 aliphatic heterocycles. The maximum absolute atomic E-state index is 5.43. The molecule has 0 saturated heterocycles. The fourth-order valence-corrected chi connectivity index (χ4v) is 9.87. The van der Waals surface area contributed by atoms with Gasteiger partial charge in [-0.15, -0.1) is 0 Å². The first-order chi connectivity index (χ1) is 28.5. The second-order valence-corrected chi connectivity index (χ2v) is 16.0. The smallest absolute Gasteiger partial charge is 0.238 e. The van der Waals surface area contributed by atoms with Crippen LogP contribution in [0.25, 0.3) is 105 Å². The largest absolute Gasteiger partial charge is 0.277 e. The number of benzene rings is 9. The molecule has 0 spiro atoms. The van der Waals surface area contributed by atoms with Crippen molar-refractivity contribution in [2.45, 2.75) is 19.3 Å². The number of fused-ring (bicyclic) bond motifs is 12. The van der Waals surface area contributed by atoms with Crippen LogP contribution in [0.2, 0.25) is 0 Å². The minimum Gasteiger partial charge on any atom is -0.277 e. The Kier molecular flexibility index (Phi) is 6.94. The first-order valence-corrected chi connectivity index (χ1v) is 20.0. The molecule has 0 unspecified atom stereocenters. The number of hydrogen-bond donors (Lipinski definition) is 0. The average molecular weight is 741 g/mol. The van der Waals surface area contributed by atoms with Crippen molar-refractivity contribution in [2.75, 3.05) is 0 Å². The van der Waals surface area contributed by atoms with E-state index in [-0.39, 0.29) is 5.41 Å². The van der Waals surface area contributed by atoms with Crippen LogP contribution in [0.4, 0.5) is 0 Å². The summed E-state index contributed by atoms with van der Waals surface area (Å²) >= 11 is 0. The van der Waals surface area contributed by atoms with Crippen molar-refractivity contribution in [3.63, 3.8) is 0 Å². The number of nitrogens with zero attached hydrogens (tertiary/aromatic N) is 4. The van der Waals surface area contributed by atoms with Crippen LogP contribution in [0.3, 0.4) is 0 Å². The molecule has 0 bridgehead atoms. The molecule has 12 rings (SSSR count). The Morgan fingerprint density at radius 2 is 0.897 bits per heavy atom. The molecule has 0 atom stereocenters. The molecule has 0 saturated carbocycles. The summed E-state index contributed by atoms with van der Waals surface area (Å²) in [5, 5.41) is 9.64. The summed E-state index contributed by atoms with van der Waals surface area (Å²) in [5.74, 6) is 1.84. The summed E-state index contributed by atoms with van der Waals surface area (Å²) in [5.41, 5.74) is 11.5. The van der Waals surface area contributed by atoms with Gasteiger partial charge < -0.3 is 0 Å². The van der Waals surface area contributed by atoms with Gasteiger partial charge in [-0.2, -0.15) is 9.97 Å². The van der Waals surface area contributed by atoms with Crippen molar-refractivity contribution in [1.82, 2.24) is 19.5 Å². The third-order valence-electron chi connectivity index (χ3n) is 12.4. The minimum absolute atomic E-state index is 0.187. The lowest BCUT2D eigenvalue weighted by molar-refractivity contribution is 0.662. The van der Waals surface area contributed by atoms with E-state index in [0.29, 0.717) is 17.6 Å². The van der Waals surface area contributed by atoms with E-state index in [4.69, 9.17) is 15.0 Å². The Hall–Kier alpha value is -7.43. The van der Waals surface area contributed by atoms with Crippen molar-refractivity contribution in [1.29, 1.82) is 0 Å². The van der Waals surface area contributed by atoms with Crippen molar-refractivity contribution >= 4 is 54.1 Å². The van der Waals surface area contributed by atoms with Crippen LogP contribution in [0.5, 0.6) is 0 Å². The van der Waals surface area contributed by atoms with Crippen molar-refractivity contribution in [3.05, 3.63) is 193 Å². The Bertz CT molecular complexity index is 3450. The van der Waals surface area contributed by atoms with Crippen LogP contribution in [-0.2, 0) is 5.41 Å². The van der Waals surface area contributed by atoms with Gasteiger partial charge >= 0.3 is 0 Å². The summed E-state index contributed by atoms with van der Waals surface area (Å²) in [6, 6.07) is 65.3. The highest BCUT2D eigenvalue weighted by molar-refractivity contribution is 6.25. The van der Waals surface area contributed by atoms with Crippen LogP contribution in [0, 0.1) is 0 Å². The minimum atomic E-state index is -0.187. The molecule has 272 valence electrons. The topological polar surface area (TPSA) is 43.6 Å². The predicted molar refractivity (Wildman–Crippen MR) is 241 cm³/mol. The van der Waals surface area contributed by atoms with Gasteiger partial charge in [0.2, 0.25) is 5.95 Å². The predicted octanol–water partition coefficient (Wildman–Crippen LogP) is 13.7. The van der Waals surface area contributed by atoms with E-state index in [9.17, 15) is 0 Å². The molecule has 11 aromatic rings. The van der Waals surface area contributed by atoms with Crippen molar-refractivity contribution < 1.29 is 0 Å². The van der Waals surface area contributed by atoms with Gasteiger partial charge in [-0.05, 0) is 72.3 Å². The van der Waals surface area contributed by atoms with Gasteiger partial charge in [0.1, 0.15) is 0 Å². The molecular weight excluding hydrogens is 705 g/mol. The molecule has 1 aliphatic rings. The van der Waals surface area contributed by atoms with E-state index in [1.165, 1.54) is 60.1 Å². The van der Waals surface area contributed by atoms with Gasteiger partial charge in [-0.25, -0.2) is 4.98 Å². The normalized spacial score (nSPS) is 13.1. The summed E-state index contributed by atoms with van der Waals surface area (Å²) < 4.78 is 2.27.